The zero-order valence-corrected chi connectivity index (χ0v) is 12.5. The molecule has 104 valence electrons. The van der Waals surface area contributed by atoms with E-state index in [0.29, 0.717) is 0 Å². The van der Waals surface area contributed by atoms with E-state index in [1.54, 1.807) is 6.20 Å². The minimum Gasteiger partial charge on any atom is -0.337 e. The standard InChI is InChI=1S/C14H15ClN4S/c15-11-3-4-13-12(9-11)17-14(20)19(13)7-2-1-6-18-8-5-16-10-18/h3-5,8-10H,1-2,6-7H2,(H,17,20). The van der Waals surface area contributed by atoms with Gasteiger partial charge in [-0.05, 0) is 43.3 Å². The number of fused-ring (bicyclic) bond motifs is 1. The number of H-pyrrole nitrogens is 1. The van der Waals surface area contributed by atoms with Crippen molar-refractivity contribution in [3.63, 3.8) is 0 Å². The van der Waals surface area contributed by atoms with Gasteiger partial charge in [-0.25, -0.2) is 4.98 Å². The second-order valence-corrected chi connectivity index (χ2v) is 5.57. The van der Waals surface area contributed by atoms with Crippen LogP contribution in [0.2, 0.25) is 5.02 Å². The Labute approximate surface area is 127 Å². The van der Waals surface area contributed by atoms with E-state index in [4.69, 9.17) is 23.8 Å². The van der Waals surface area contributed by atoms with Gasteiger partial charge >= 0.3 is 0 Å². The van der Waals surface area contributed by atoms with Crippen LogP contribution in [0.25, 0.3) is 11.0 Å². The summed E-state index contributed by atoms with van der Waals surface area (Å²) in [5.74, 6) is 0. The molecule has 3 aromatic rings. The van der Waals surface area contributed by atoms with Crippen molar-refractivity contribution in [2.24, 2.45) is 0 Å². The number of unbranched alkanes of at least 4 members (excludes halogenated alkanes) is 1. The number of hydrogen-bond donors (Lipinski definition) is 1. The van der Waals surface area contributed by atoms with E-state index >= 15 is 0 Å². The van der Waals surface area contributed by atoms with Gasteiger partial charge in [0.1, 0.15) is 0 Å². The quantitative estimate of drug-likeness (QED) is 0.571. The summed E-state index contributed by atoms with van der Waals surface area (Å²) < 4.78 is 4.98. The smallest absolute Gasteiger partial charge is 0.178 e. The van der Waals surface area contributed by atoms with Crippen molar-refractivity contribution in [3.05, 3.63) is 46.7 Å². The average molecular weight is 307 g/mol. The maximum absolute atomic E-state index is 5.99. The molecule has 6 heteroatoms. The van der Waals surface area contributed by atoms with E-state index in [-0.39, 0.29) is 0 Å². The molecule has 0 unspecified atom stereocenters. The number of benzene rings is 1. The van der Waals surface area contributed by atoms with Crippen molar-refractivity contribution >= 4 is 34.9 Å². The number of aromatic amines is 1. The number of imidazole rings is 2. The summed E-state index contributed by atoms with van der Waals surface area (Å²) in [5, 5.41) is 0.723. The molecule has 0 fully saturated rings. The molecule has 0 saturated carbocycles. The van der Waals surface area contributed by atoms with Crippen molar-refractivity contribution in [1.82, 2.24) is 19.1 Å². The minimum atomic E-state index is 0.723. The predicted octanol–water partition coefficient (Wildman–Crippen LogP) is 4.03. The first kappa shape index (κ1) is 13.4. The maximum Gasteiger partial charge on any atom is 0.178 e. The lowest BCUT2D eigenvalue weighted by Gasteiger charge is -2.05. The largest absolute Gasteiger partial charge is 0.337 e. The van der Waals surface area contributed by atoms with Crippen molar-refractivity contribution in [2.75, 3.05) is 0 Å². The molecule has 0 atom stereocenters. The Morgan fingerprint density at radius 3 is 2.90 bits per heavy atom. The number of halogens is 1. The molecule has 4 nitrogen and oxygen atoms in total. The fourth-order valence-electron chi connectivity index (χ4n) is 2.34. The van der Waals surface area contributed by atoms with Crippen molar-refractivity contribution in [2.45, 2.75) is 25.9 Å². The second kappa shape index (κ2) is 5.81. The normalized spacial score (nSPS) is 11.2. The highest BCUT2D eigenvalue weighted by Gasteiger charge is 2.04. The molecular weight excluding hydrogens is 292 g/mol. The Morgan fingerprint density at radius 2 is 2.10 bits per heavy atom. The van der Waals surface area contributed by atoms with Crippen LogP contribution < -0.4 is 0 Å². The van der Waals surface area contributed by atoms with Gasteiger partial charge in [0.2, 0.25) is 0 Å². The van der Waals surface area contributed by atoms with E-state index in [1.165, 1.54) is 0 Å². The van der Waals surface area contributed by atoms with Crippen molar-refractivity contribution in [1.29, 1.82) is 0 Å². The molecule has 0 aliphatic heterocycles. The summed E-state index contributed by atoms with van der Waals surface area (Å²) in [5.41, 5.74) is 2.11. The molecule has 0 aliphatic rings. The molecule has 0 saturated heterocycles. The number of rotatable bonds is 5. The molecule has 1 aromatic carbocycles. The van der Waals surface area contributed by atoms with E-state index in [9.17, 15) is 0 Å². The number of nitrogens with one attached hydrogen (secondary N) is 1. The first-order valence-electron chi connectivity index (χ1n) is 6.58. The minimum absolute atomic E-state index is 0.723. The Hall–Kier alpha value is -1.59. The molecule has 2 heterocycles. The fourth-order valence-corrected chi connectivity index (χ4v) is 2.81. The Balaban J connectivity index is 1.68. The highest BCUT2D eigenvalue weighted by atomic mass is 35.5. The third kappa shape index (κ3) is 2.78. The SMILES string of the molecule is S=c1[nH]c2cc(Cl)ccc2n1CCCCn1ccnc1. The zero-order valence-electron chi connectivity index (χ0n) is 10.9. The predicted molar refractivity (Wildman–Crippen MR) is 83.6 cm³/mol. The molecular formula is C14H15ClN4S. The zero-order chi connectivity index (χ0) is 13.9. The molecule has 0 amide bonds. The number of aryl methyl sites for hydroxylation is 2. The Kier molecular flexibility index (Phi) is 3.89. The van der Waals surface area contributed by atoms with Gasteiger partial charge in [-0.15, -0.1) is 0 Å². The molecule has 0 bridgehead atoms. The lowest BCUT2D eigenvalue weighted by Crippen LogP contribution is -2.01. The van der Waals surface area contributed by atoms with E-state index in [0.717, 1.165) is 46.8 Å². The van der Waals surface area contributed by atoms with Crippen LogP contribution in [-0.4, -0.2) is 19.1 Å². The van der Waals surface area contributed by atoms with Crippen LogP contribution in [0.5, 0.6) is 0 Å². The van der Waals surface area contributed by atoms with Crippen LogP contribution in [-0.2, 0) is 13.1 Å². The monoisotopic (exact) mass is 306 g/mol. The van der Waals surface area contributed by atoms with Crippen molar-refractivity contribution < 1.29 is 0 Å². The summed E-state index contributed by atoms with van der Waals surface area (Å²) in [4.78, 5) is 7.24. The summed E-state index contributed by atoms with van der Waals surface area (Å²) in [7, 11) is 0. The second-order valence-electron chi connectivity index (χ2n) is 4.75. The molecule has 2 aromatic heterocycles. The van der Waals surface area contributed by atoms with Crippen LogP contribution >= 0.6 is 23.8 Å². The highest BCUT2D eigenvalue weighted by Crippen LogP contribution is 2.19. The lowest BCUT2D eigenvalue weighted by molar-refractivity contribution is 0.556. The first-order valence-corrected chi connectivity index (χ1v) is 7.36. The van der Waals surface area contributed by atoms with E-state index < -0.39 is 0 Å². The van der Waals surface area contributed by atoms with Gasteiger partial charge in [0.05, 0.1) is 17.4 Å². The van der Waals surface area contributed by atoms with E-state index in [1.807, 2.05) is 30.7 Å². The van der Waals surface area contributed by atoms with Crippen LogP contribution in [0, 0.1) is 4.77 Å². The Bertz CT molecular complexity index is 757. The summed E-state index contributed by atoms with van der Waals surface area (Å²) in [6, 6.07) is 5.82. The van der Waals surface area contributed by atoms with Gasteiger partial charge in [-0.1, -0.05) is 11.6 Å². The summed E-state index contributed by atoms with van der Waals surface area (Å²) >= 11 is 11.4. The van der Waals surface area contributed by atoms with Crippen LogP contribution in [0.4, 0.5) is 0 Å². The highest BCUT2D eigenvalue weighted by molar-refractivity contribution is 7.71. The van der Waals surface area contributed by atoms with Gasteiger partial charge in [0.25, 0.3) is 0 Å². The van der Waals surface area contributed by atoms with Crippen LogP contribution in [0.15, 0.2) is 36.9 Å². The van der Waals surface area contributed by atoms with Crippen molar-refractivity contribution in [3.8, 4) is 0 Å². The molecule has 3 rings (SSSR count). The third-order valence-corrected chi connectivity index (χ3v) is 3.90. The van der Waals surface area contributed by atoms with E-state index in [2.05, 4.69) is 19.1 Å². The Morgan fingerprint density at radius 1 is 1.25 bits per heavy atom. The number of aromatic nitrogens is 4. The number of nitrogens with zero attached hydrogens (tertiary/aromatic N) is 3. The summed E-state index contributed by atoms with van der Waals surface area (Å²) in [6.07, 6.45) is 7.80. The molecule has 0 aliphatic carbocycles. The average Bonchev–Trinajstić information content (AvgIpc) is 3.02. The first-order chi connectivity index (χ1) is 9.74. The molecule has 0 radical (unpaired) electrons. The van der Waals surface area contributed by atoms with Gasteiger partial charge in [0, 0.05) is 30.5 Å². The molecule has 20 heavy (non-hydrogen) atoms. The molecule has 0 spiro atoms. The van der Waals surface area contributed by atoms with Gasteiger partial charge < -0.3 is 14.1 Å². The third-order valence-electron chi connectivity index (χ3n) is 3.34. The number of hydrogen-bond acceptors (Lipinski definition) is 2. The van der Waals surface area contributed by atoms with Gasteiger partial charge in [0.15, 0.2) is 4.77 Å². The van der Waals surface area contributed by atoms with Gasteiger partial charge in [-0.3, -0.25) is 0 Å². The van der Waals surface area contributed by atoms with Crippen LogP contribution in [0.1, 0.15) is 12.8 Å². The summed E-state index contributed by atoms with van der Waals surface area (Å²) in [6.45, 7) is 1.90. The molecule has 1 N–H and O–H groups in total. The topological polar surface area (TPSA) is 38.5 Å². The maximum atomic E-state index is 5.99. The van der Waals surface area contributed by atoms with Crippen LogP contribution in [0.3, 0.4) is 0 Å². The lowest BCUT2D eigenvalue weighted by atomic mass is 10.3. The van der Waals surface area contributed by atoms with Gasteiger partial charge in [-0.2, -0.15) is 0 Å². The fraction of sp³-hybridized carbons (Fsp3) is 0.286.